The fourth-order valence-corrected chi connectivity index (χ4v) is 2.26. The van der Waals surface area contributed by atoms with E-state index in [1.807, 2.05) is 6.07 Å². The molecule has 6 heteroatoms. The number of nitrogens with zero attached hydrogens (tertiary/aromatic N) is 1. The third-order valence-electron chi connectivity index (χ3n) is 3.13. The summed E-state index contributed by atoms with van der Waals surface area (Å²) < 4.78 is 5.77. The maximum Gasteiger partial charge on any atom is 0.279 e. The van der Waals surface area contributed by atoms with Crippen LogP contribution in [0.25, 0.3) is 0 Å². The lowest BCUT2D eigenvalue weighted by Crippen LogP contribution is -2.09. The summed E-state index contributed by atoms with van der Waals surface area (Å²) >= 11 is 0. The zero-order chi connectivity index (χ0) is 16.3. The van der Waals surface area contributed by atoms with Crippen LogP contribution in [0, 0.1) is 24.0 Å². The SMILES string of the molecule is CC(=O)Nc1cc(C)c([N+](=O)[O-])c(C)c1Oc1ccccc1. The minimum atomic E-state index is -0.444. The highest BCUT2D eigenvalue weighted by atomic mass is 16.6. The molecule has 0 aliphatic carbocycles. The summed E-state index contributed by atoms with van der Waals surface area (Å²) in [7, 11) is 0. The number of ether oxygens (including phenoxy) is 1. The van der Waals surface area contributed by atoms with E-state index in [1.165, 1.54) is 6.92 Å². The van der Waals surface area contributed by atoms with Crippen molar-refractivity contribution in [2.24, 2.45) is 0 Å². The molecule has 2 aromatic carbocycles. The van der Waals surface area contributed by atoms with Crippen molar-refractivity contribution >= 4 is 17.3 Å². The summed E-state index contributed by atoms with van der Waals surface area (Å²) in [5.74, 6) is 0.541. The van der Waals surface area contributed by atoms with Crippen LogP contribution in [0.15, 0.2) is 36.4 Å². The van der Waals surface area contributed by atoms with Crippen molar-refractivity contribution in [3.63, 3.8) is 0 Å². The lowest BCUT2D eigenvalue weighted by molar-refractivity contribution is -0.386. The Kier molecular flexibility index (Phi) is 4.41. The quantitative estimate of drug-likeness (QED) is 0.684. The fraction of sp³-hybridized carbons (Fsp3) is 0.188. The number of hydrogen-bond donors (Lipinski definition) is 1. The van der Waals surface area contributed by atoms with E-state index in [4.69, 9.17) is 4.74 Å². The number of para-hydroxylation sites is 1. The van der Waals surface area contributed by atoms with Gasteiger partial charge >= 0.3 is 0 Å². The number of nitro benzene ring substituents is 1. The molecule has 0 aromatic heterocycles. The molecule has 0 radical (unpaired) electrons. The van der Waals surface area contributed by atoms with Gasteiger partial charge in [-0.05, 0) is 32.0 Å². The maximum absolute atomic E-state index is 11.4. The van der Waals surface area contributed by atoms with Crippen LogP contribution >= 0.6 is 0 Å². The van der Waals surface area contributed by atoms with Crippen LogP contribution in [0.2, 0.25) is 0 Å². The highest BCUT2D eigenvalue weighted by Crippen LogP contribution is 2.40. The molecular weight excluding hydrogens is 284 g/mol. The first kappa shape index (κ1) is 15.5. The topological polar surface area (TPSA) is 81.5 Å². The molecule has 0 unspecified atom stereocenters. The highest BCUT2D eigenvalue weighted by Gasteiger charge is 2.23. The summed E-state index contributed by atoms with van der Waals surface area (Å²) in [5, 5.41) is 13.9. The Morgan fingerprint density at radius 2 is 1.86 bits per heavy atom. The van der Waals surface area contributed by atoms with Crippen LogP contribution in [0.1, 0.15) is 18.1 Å². The van der Waals surface area contributed by atoms with Gasteiger partial charge in [0.2, 0.25) is 5.91 Å². The molecular formula is C16H16N2O4. The van der Waals surface area contributed by atoms with Gasteiger partial charge in [0.05, 0.1) is 16.2 Å². The van der Waals surface area contributed by atoms with E-state index in [2.05, 4.69) is 5.32 Å². The Labute approximate surface area is 127 Å². The summed E-state index contributed by atoms with van der Waals surface area (Å²) in [6, 6.07) is 10.5. The number of rotatable bonds is 4. The lowest BCUT2D eigenvalue weighted by Gasteiger charge is -2.15. The van der Waals surface area contributed by atoms with E-state index in [0.29, 0.717) is 22.6 Å². The second-order valence-electron chi connectivity index (χ2n) is 4.90. The maximum atomic E-state index is 11.4. The average molecular weight is 300 g/mol. The third-order valence-corrected chi connectivity index (χ3v) is 3.13. The summed E-state index contributed by atoms with van der Waals surface area (Å²) in [6.45, 7) is 4.61. The van der Waals surface area contributed by atoms with Gasteiger partial charge in [-0.1, -0.05) is 18.2 Å². The van der Waals surface area contributed by atoms with E-state index >= 15 is 0 Å². The van der Waals surface area contributed by atoms with Crippen LogP contribution in [0.3, 0.4) is 0 Å². The minimum absolute atomic E-state index is 0.0139. The van der Waals surface area contributed by atoms with Crippen molar-refractivity contribution in [1.82, 2.24) is 0 Å². The molecule has 1 N–H and O–H groups in total. The Morgan fingerprint density at radius 1 is 1.23 bits per heavy atom. The molecule has 0 aliphatic rings. The number of nitro groups is 1. The van der Waals surface area contributed by atoms with E-state index in [-0.39, 0.29) is 17.3 Å². The molecule has 6 nitrogen and oxygen atoms in total. The number of nitrogens with one attached hydrogen (secondary N) is 1. The van der Waals surface area contributed by atoms with Gasteiger partial charge < -0.3 is 10.1 Å². The van der Waals surface area contributed by atoms with Crippen molar-refractivity contribution in [1.29, 1.82) is 0 Å². The molecule has 2 aromatic rings. The number of amides is 1. The van der Waals surface area contributed by atoms with E-state index < -0.39 is 4.92 Å². The zero-order valence-corrected chi connectivity index (χ0v) is 12.5. The first-order valence-electron chi connectivity index (χ1n) is 6.69. The molecule has 0 saturated carbocycles. The number of aryl methyl sites for hydroxylation is 1. The van der Waals surface area contributed by atoms with Gasteiger partial charge in [-0.15, -0.1) is 0 Å². The molecule has 0 spiro atoms. The fourth-order valence-electron chi connectivity index (χ4n) is 2.26. The van der Waals surface area contributed by atoms with Crippen LogP contribution in [0.5, 0.6) is 11.5 Å². The third kappa shape index (κ3) is 3.22. The summed E-state index contributed by atoms with van der Waals surface area (Å²) in [4.78, 5) is 22.2. The number of anilines is 1. The second kappa shape index (κ2) is 6.26. The molecule has 0 bridgehead atoms. The van der Waals surface area contributed by atoms with E-state index in [0.717, 1.165) is 0 Å². The summed E-state index contributed by atoms with van der Waals surface area (Å²) in [5.41, 5.74) is 1.24. The van der Waals surface area contributed by atoms with Crippen molar-refractivity contribution in [3.05, 3.63) is 57.6 Å². The summed E-state index contributed by atoms with van der Waals surface area (Å²) in [6.07, 6.45) is 0. The first-order chi connectivity index (χ1) is 10.4. The predicted octanol–water partition coefficient (Wildman–Crippen LogP) is 3.96. The molecule has 0 saturated heterocycles. The van der Waals surface area contributed by atoms with Crippen LogP contribution < -0.4 is 10.1 Å². The number of carbonyl (C=O) groups is 1. The van der Waals surface area contributed by atoms with Gasteiger partial charge in [0.25, 0.3) is 5.69 Å². The van der Waals surface area contributed by atoms with Crippen molar-refractivity contribution in [2.45, 2.75) is 20.8 Å². The molecule has 114 valence electrons. The molecule has 0 heterocycles. The van der Waals surface area contributed by atoms with Gasteiger partial charge in [0.1, 0.15) is 5.75 Å². The van der Waals surface area contributed by atoms with Crippen LogP contribution in [-0.4, -0.2) is 10.8 Å². The largest absolute Gasteiger partial charge is 0.455 e. The van der Waals surface area contributed by atoms with Gasteiger partial charge in [0.15, 0.2) is 5.75 Å². The number of benzene rings is 2. The van der Waals surface area contributed by atoms with Crippen molar-refractivity contribution < 1.29 is 14.5 Å². The minimum Gasteiger partial charge on any atom is -0.455 e. The monoisotopic (exact) mass is 300 g/mol. The van der Waals surface area contributed by atoms with Gasteiger partial charge in [-0.2, -0.15) is 0 Å². The van der Waals surface area contributed by atoms with Gasteiger partial charge in [0, 0.05) is 12.5 Å². The van der Waals surface area contributed by atoms with Crippen LogP contribution in [0.4, 0.5) is 11.4 Å². The van der Waals surface area contributed by atoms with Crippen molar-refractivity contribution in [3.8, 4) is 11.5 Å². The number of carbonyl (C=O) groups excluding carboxylic acids is 1. The molecule has 0 atom stereocenters. The van der Waals surface area contributed by atoms with Crippen molar-refractivity contribution in [2.75, 3.05) is 5.32 Å². The zero-order valence-electron chi connectivity index (χ0n) is 12.5. The number of hydrogen-bond acceptors (Lipinski definition) is 4. The Balaban J connectivity index is 2.59. The van der Waals surface area contributed by atoms with Crippen LogP contribution in [-0.2, 0) is 4.79 Å². The smallest absolute Gasteiger partial charge is 0.279 e. The Hall–Kier alpha value is -2.89. The van der Waals surface area contributed by atoms with Gasteiger partial charge in [-0.3, -0.25) is 14.9 Å². The predicted molar refractivity (Wildman–Crippen MR) is 83.4 cm³/mol. The standard InChI is InChI=1S/C16H16N2O4/c1-10-9-14(17-12(3)19)16(11(2)15(10)18(20)21)22-13-7-5-4-6-8-13/h4-9H,1-3H3,(H,17,19). The Bertz CT molecular complexity index is 727. The van der Waals surface area contributed by atoms with Gasteiger partial charge in [-0.25, -0.2) is 0 Å². The Morgan fingerprint density at radius 3 is 2.41 bits per heavy atom. The van der Waals surface area contributed by atoms with E-state index in [1.54, 1.807) is 44.2 Å². The highest BCUT2D eigenvalue weighted by molar-refractivity contribution is 5.91. The molecule has 22 heavy (non-hydrogen) atoms. The molecule has 0 aliphatic heterocycles. The average Bonchev–Trinajstić information content (AvgIpc) is 2.43. The van der Waals surface area contributed by atoms with E-state index in [9.17, 15) is 14.9 Å². The molecule has 0 fully saturated rings. The first-order valence-corrected chi connectivity index (χ1v) is 6.69. The second-order valence-corrected chi connectivity index (χ2v) is 4.90. The molecule has 1 amide bonds. The normalized spacial score (nSPS) is 10.1. The molecule has 2 rings (SSSR count). The lowest BCUT2D eigenvalue weighted by atomic mass is 10.1.